The van der Waals surface area contributed by atoms with Gasteiger partial charge in [0.1, 0.15) is 0 Å². The number of sulfonamides is 1. The Morgan fingerprint density at radius 1 is 0.977 bits per heavy atom. The largest absolute Gasteiger partial charge is 0.366 e. The van der Waals surface area contributed by atoms with Crippen LogP contribution < -0.4 is 15.8 Å². The lowest BCUT2D eigenvalue weighted by Crippen LogP contribution is -2.59. The number of fused-ring (bicyclic) bond motifs is 1. The third kappa shape index (κ3) is 6.72. The van der Waals surface area contributed by atoms with E-state index in [9.17, 15) is 22.8 Å². The molecule has 226 valence electrons. The van der Waals surface area contributed by atoms with Crippen LogP contribution >= 0.6 is 23.2 Å². The molecule has 0 spiro atoms. The van der Waals surface area contributed by atoms with E-state index in [-0.39, 0.29) is 23.4 Å². The monoisotopic (exact) mass is 642 g/mol. The van der Waals surface area contributed by atoms with Crippen molar-refractivity contribution in [2.24, 2.45) is 5.73 Å². The summed E-state index contributed by atoms with van der Waals surface area (Å²) in [6, 6.07) is 16.6. The zero-order valence-electron chi connectivity index (χ0n) is 23.4. The van der Waals surface area contributed by atoms with Crippen molar-refractivity contribution < 1.29 is 22.8 Å². The number of nitrogens with two attached hydrogens (primary N) is 1. The molecule has 1 fully saturated rings. The van der Waals surface area contributed by atoms with Gasteiger partial charge in [0.05, 0.1) is 18.2 Å². The number of halogens is 2. The first-order chi connectivity index (χ1) is 20.4. The molecule has 9 nitrogen and oxygen atoms in total. The summed E-state index contributed by atoms with van der Waals surface area (Å²) in [6.07, 6.45) is 3.78. The molecular weight excluding hydrogens is 611 g/mol. The first-order valence-corrected chi connectivity index (χ1v) is 16.6. The number of hydrogen-bond donors (Lipinski definition) is 3. The van der Waals surface area contributed by atoms with Gasteiger partial charge in [-0.2, -0.15) is 0 Å². The summed E-state index contributed by atoms with van der Waals surface area (Å²) in [5.41, 5.74) is 7.91. The van der Waals surface area contributed by atoms with Crippen LogP contribution in [0.15, 0.2) is 66.7 Å². The number of rotatable bonds is 8. The molecule has 4 N–H and O–H groups in total. The minimum atomic E-state index is -3.59. The normalized spacial score (nSPS) is 22.1. The lowest BCUT2D eigenvalue weighted by atomic mass is 9.76. The predicted molar refractivity (Wildman–Crippen MR) is 165 cm³/mol. The van der Waals surface area contributed by atoms with Crippen molar-refractivity contribution in [1.82, 2.24) is 14.9 Å². The number of nitrogens with one attached hydrogen (secondary N) is 2. The molecule has 1 heterocycles. The Labute approximate surface area is 260 Å². The minimum absolute atomic E-state index is 0.160. The van der Waals surface area contributed by atoms with Crippen molar-refractivity contribution in [1.29, 1.82) is 0 Å². The summed E-state index contributed by atoms with van der Waals surface area (Å²) >= 11 is 13.0. The first kappa shape index (κ1) is 31.0. The van der Waals surface area contributed by atoms with E-state index in [4.69, 9.17) is 28.9 Å². The molecule has 2 aliphatic rings. The molecule has 0 radical (unpaired) electrons. The highest BCUT2D eigenvalue weighted by atomic mass is 35.5. The van der Waals surface area contributed by atoms with Crippen LogP contribution in [0.3, 0.4) is 0 Å². The summed E-state index contributed by atoms with van der Waals surface area (Å²) in [6.45, 7) is 0.160. The van der Waals surface area contributed by atoms with Crippen LogP contribution in [0.2, 0.25) is 10.0 Å². The molecule has 43 heavy (non-hydrogen) atoms. The Morgan fingerprint density at radius 3 is 2.35 bits per heavy atom. The first-order valence-electron chi connectivity index (χ1n) is 13.9. The van der Waals surface area contributed by atoms with Gasteiger partial charge in [0.15, 0.2) is 0 Å². The van der Waals surface area contributed by atoms with Gasteiger partial charge in [-0.15, -0.1) is 0 Å². The van der Waals surface area contributed by atoms with Crippen LogP contribution in [-0.4, -0.2) is 49.4 Å². The average molecular weight is 644 g/mol. The van der Waals surface area contributed by atoms with Crippen molar-refractivity contribution in [3.63, 3.8) is 0 Å². The molecule has 0 saturated heterocycles. The fraction of sp³-hybridized carbons (Fsp3) is 0.323. The molecule has 12 heteroatoms. The van der Waals surface area contributed by atoms with E-state index >= 15 is 0 Å². The Balaban J connectivity index is 1.61. The lowest BCUT2D eigenvalue weighted by Gasteiger charge is -2.49. The van der Waals surface area contributed by atoms with Gasteiger partial charge in [0.25, 0.3) is 5.91 Å². The number of nitrogens with zero attached hydrogens (tertiary/aromatic N) is 1. The highest BCUT2D eigenvalue weighted by Crippen LogP contribution is 2.47. The van der Waals surface area contributed by atoms with Crippen LogP contribution in [0.4, 0.5) is 0 Å². The maximum atomic E-state index is 14.3. The topological polar surface area (TPSA) is 139 Å². The van der Waals surface area contributed by atoms with E-state index in [1.54, 1.807) is 71.6 Å². The number of benzene rings is 3. The Morgan fingerprint density at radius 2 is 1.67 bits per heavy atom. The van der Waals surface area contributed by atoms with Gasteiger partial charge in [0.2, 0.25) is 21.8 Å². The molecule has 1 aliphatic carbocycles. The van der Waals surface area contributed by atoms with E-state index in [1.807, 2.05) is 0 Å². The molecule has 1 saturated carbocycles. The second-order valence-corrected chi connectivity index (χ2v) is 13.6. The number of carbonyl (C=O) groups excluding carboxylic acids is 3. The smallest absolute Gasteiger partial charge is 0.255 e. The summed E-state index contributed by atoms with van der Waals surface area (Å²) in [5.74, 6) is -2.07. The molecule has 3 aromatic carbocycles. The van der Waals surface area contributed by atoms with E-state index in [1.165, 1.54) is 0 Å². The van der Waals surface area contributed by atoms with Gasteiger partial charge in [-0.1, -0.05) is 72.4 Å². The van der Waals surface area contributed by atoms with E-state index < -0.39 is 40.0 Å². The second kappa shape index (κ2) is 12.7. The van der Waals surface area contributed by atoms with Crippen LogP contribution in [0.25, 0.3) is 0 Å². The van der Waals surface area contributed by atoms with Crippen molar-refractivity contribution in [2.45, 2.75) is 56.3 Å². The van der Waals surface area contributed by atoms with E-state index in [0.717, 1.165) is 24.7 Å². The van der Waals surface area contributed by atoms with Crippen molar-refractivity contribution in [3.8, 4) is 0 Å². The maximum absolute atomic E-state index is 14.3. The van der Waals surface area contributed by atoms with Gasteiger partial charge >= 0.3 is 0 Å². The average Bonchev–Trinajstić information content (AvgIpc) is 2.96. The Hall–Kier alpha value is -3.44. The van der Waals surface area contributed by atoms with Gasteiger partial charge in [-0.3, -0.25) is 14.4 Å². The van der Waals surface area contributed by atoms with E-state index in [0.29, 0.717) is 40.1 Å². The van der Waals surface area contributed by atoms with Crippen LogP contribution in [0.5, 0.6) is 0 Å². The zero-order chi connectivity index (χ0) is 30.9. The second-order valence-electron chi connectivity index (χ2n) is 11.0. The highest BCUT2D eigenvalue weighted by Gasteiger charge is 2.49. The molecule has 0 aromatic heterocycles. The minimum Gasteiger partial charge on any atom is -0.366 e. The van der Waals surface area contributed by atoms with Crippen LogP contribution in [0.1, 0.15) is 75.0 Å². The number of amides is 3. The number of primary amides is 1. The number of carbonyl (C=O) groups is 3. The van der Waals surface area contributed by atoms with Crippen LogP contribution in [0, 0.1) is 0 Å². The van der Waals surface area contributed by atoms with Gasteiger partial charge < -0.3 is 16.0 Å². The number of hydrogen-bond acceptors (Lipinski definition) is 5. The maximum Gasteiger partial charge on any atom is 0.255 e. The predicted octanol–water partition coefficient (Wildman–Crippen LogP) is 4.55. The zero-order valence-corrected chi connectivity index (χ0v) is 25.8. The SMILES string of the molecule is CS(=O)(=O)N[C@H]1CCCCC1N1C(=O)c2ccccc2[C@@H](C(=O)NCc2ccc(C(N)=O)cc2)[C@@H]1c1ccc(Cl)cc1Cl. The van der Waals surface area contributed by atoms with E-state index in [2.05, 4.69) is 10.0 Å². The molecule has 3 amide bonds. The lowest BCUT2D eigenvalue weighted by molar-refractivity contribution is -0.124. The summed E-state index contributed by atoms with van der Waals surface area (Å²) < 4.78 is 27.5. The molecule has 1 unspecified atom stereocenters. The fourth-order valence-electron chi connectivity index (χ4n) is 6.21. The van der Waals surface area contributed by atoms with Crippen molar-refractivity contribution >= 4 is 50.9 Å². The molecule has 3 aromatic rings. The van der Waals surface area contributed by atoms with Crippen molar-refractivity contribution in [3.05, 3.63) is 105 Å². The summed E-state index contributed by atoms with van der Waals surface area (Å²) in [7, 11) is -3.59. The standard InChI is InChI=1S/C31H32Cl2N4O5S/c1-43(41,42)36-25-8-4-5-9-26(25)37-28(23-15-14-20(32)16-24(23)33)27(21-6-2-3-7-22(21)31(37)40)30(39)35-17-18-10-12-19(13-11-18)29(34)38/h2-3,6-7,10-16,25-28,36H,4-5,8-9,17H2,1H3,(H2,34,38)(H,35,39)/t25-,26?,27+,28-/m0/s1. The highest BCUT2D eigenvalue weighted by molar-refractivity contribution is 7.88. The van der Waals surface area contributed by atoms with Gasteiger partial charge in [-0.25, -0.2) is 13.1 Å². The Bertz CT molecular complexity index is 1660. The molecule has 5 rings (SSSR count). The Kier molecular flexibility index (Phi) is 9.12. The quantitative estimate of drug-likeness (QED) is 0.331. The third-order valence-corrected chi connectivity index (χ3v) is 9.39. The molecule has 4 atom stereocenters. The van der Waals surface area contributed by atoms with Gasteiger partial charge in [0, 0.05) is 39.8 Å². The summed E-state index contributed by atoms with van der Waals surface area (Å²) in [5, 5.41) is 3.69. The molecule has 1 aliphatic heterocycles. The van der Waals surface area contributed by atoms with Gasteiger partial charge in [-0.05, 0) is 59.9 Å². The van der Waals surface area contributed by atoms with Crippen molar-refractivity contribution in [2.75, 3.05) is 6.26 Å². The fourth-order valence-corrected chi connectivity index (χ4v) is 7.56. The van der Waals surface area contributed by atoms with Crippen LogP contribution in [-0.2, 0) is 21.4 Å². The molecular formula is C31H32Cl2N4O5S. The third-order valence-electron chi connectivity index (χ3n) is 8.10. The summed E-state index contributed by atoms with van der Waals surface area (Å²) in [4.78, 5) is 41.7. The molecule has 0 bridgehead atoms.